The lowest BCUT2D eigenvalue weighted by molar-refractivity contribution is 0.507. The van der Waals surface area contributed by atoms with Crippen LogP contribution in [0.1, 0.15) is 41.0 Å². The highest BCUT2D eigenvalue weighted by Crippen LogP contribution is 2.30. The van der Waals surface area contributed by atoms with Crippen molar-refractivity contribution in [2.45, 2.75) is 38.6 Å². The van der Waals surface area contributed by atoms with Gasteiger partial charge in [-0.1, -0.05) is 54.1 Å². The maximum atomic E-state index is 3.63. The summed E-state index contributed by atoms with van der Waals surface area (Å²) in [6.07, 6.45) is 3.90. The van der Waals surface area contributed by atoms with E-state index in [2.05, 4.69) is 60.8 Å². The zero-order valence-corrected chi connectivity index (χ0v) is 12.2. The number of aryl methyl sites for hydroxylation is 2. The van der Waals surface area contributed by atoms with E-state index in [4.69, 9.17) is 0 Å². The zero-order chi connectivity index (χ0) is 13.8. The van der Waals surface area contributed by atoms with Gasteiger partial charge in [0.25, 0.3) is 0 Å². The van der Waals surface area contributed by atoms with Crippen molar-refractivity contribution < 1.29 is 0 Å². The molecule has 20 heavy (non-hydrogen) atoms. The second kappa shape index (κ2) is 6.23. The van der Waals surface area contributed by atoms with Gasteiger partial charge in [0.05, 0.1) is 0 Å². The Kier molecular flexibility index (Phi) is 4.17. The summed E-state index contributed by atoms with van der Waals surface area (Å²) in [4.78, 5) is 0. The molecule has 0 amide bonds. The van der Waals surface area contributed by atoms with E-state index < -0.39 is 0 Å². The van der Waals surface area contributed by atoms with E-state index in [1.165, 1.54) is 30.4 Å². The Balaban J connectivity index is 1.58. The van der Waals surface area contributed by atoms with Crippen LogP contribution in [0.5, 0.6) is 0 Å². The Morgan fingerprint density at radius 2 is 1.85 bits per heavy atom. The Morgan fingerprint density at radius 3 is 2.70 bits per heavy atom. The van der Waals surface area contributed by atoms with Crippen LogP contribution in [0.25, 0.3) is 0 Å². The summed E-state index contributed by atoms with van der Waals surface area (Å²) in [5.41, 5.74) is 5.82. The maximum absolute atomic E-state index is 3.63. The highest BCUT2D eigenvalue weighted by molar-refractivity contribution is 5.32. The second-order valence-electron chi connectivity index (χ2n) is 5.90. The van der Waals surface area contributed by atoms with Crippen LogP contribution in [0, 0.1) is 6.92 Å². The average molecular weight is 265 g/mol. The molecule has 0 saturated carbocycles. The van der Waals surface area contributed by atoms with Crippen molar-refractivity contribution in [2.24, 2.45) is 0 Å². The number of hydrogen-bond acceptors (Lipinski definition) is 1. The molecule has 0 spiro atoms. The second-order valence-corrected chi connectivity index (χ2v) is 5.90. The van der Waals surface area contributed by atoms with E-state index in [0.29, 0.717) is 5.92 Å². The minimum Gasteiger partial charge on any atom is -0.312 e. The van der Waals surface area contributed by atoms with Gasteiger partial charge < -0.3 is 5.32 Å². The molecular weight excluding hydrogens is 242 g/mol. The largest absolute Gasteiger partial charge is 0.312 e. The molecule has 0 aliphatic heterocycles. The monoisotopic (exact) mass is 265 g/mol. The van der Waals surface area contributed by atoms with Crippen molar-refractivity contribution in [2.75, 3.05) is 6.54 Å². The van der Waals surface area contributed by atoms with Crippen molar-refractivity contribution in [3.8, 4) is 0 Å². The first-order valence-corrected chi connectivity index (χ1v) is 7.67. The Hall–Kier alpha value is -1.60. The van der Waals surface area contributed by atoms with Crippen molar-refractivity contribution in [3.63, 3.8) is 0 Å². The van der Waals surface area contributed by atoms with Gasteiger partial charge in [-0.05, 0) is 48.8 Å². The molecule has 0 heterocycles. The smallest absolute Gasteiger partial charge is 0.0205 e. The Labute approximate surface area is 122 Å². The topological polar surface area (TPSA) is 12.0 Å². The molecular formula is C19H23N. The zero-order valence-electron chi connectivity index (χ0n) is 12.2. The summed E-state index contributed by atoms with van der Waals surface area (Å²) in [5, 5.41) is 3.63. The Morgan fingerprint density at radius 1 is 1.05 bits per heavy atom. The molecule has 3 rings (SSSR count). The van der Waals surface area contributed by atoms with Crippen LogP contribution in [0.2, 0.25) is 0 Å². The molecule has 0 aromatic heterocycles. The fraction of sp³-hybridized carbons (Fsp3) is 0.368. The lowest BCUT2D eigenvalue weighted by atomic mass is 9.83. The van der Waals surface area contributed by atoms with Crippen LogP contribution in [0.15, 0.2) is 48.5 Å². The molecule has 0 fully saturated rings. The quantitative estimate of drug-likeness (QED) is 0.873. The van der Waals surface area contributed by atoms with E-state index in [-0.39, 0.29) is 0 Å². The third-order valence-electron chi connectivity index (χ3n) is 4.33. The third kappa shape index (κ3) is 3.10. The molecule has 1 unspecified atom stereocenters. The molecule has 1 heteroatoms. The minimum atomic E-state index is 0.686. The maximum Gasteiger partial charge on any atom is 0.0205 e. The SMILES string of the molecule is Cc1ccc(CNCC2CCCc3ccccc32)cc1. The minimum absolute atomic E-state index is 0.686. The van der Waals surface area contributed by atoms with Gasteiger partial charge in [-0.3, -0.25) is 0 Å². The molecule has 1 nitrogen and oxygen atoms in total. The van der Waals surface area contributed by atoms with Crippen LogP contribution < -0.4 is 5.32 Å². The lowest BCUT2D eigenvalue weighted by Gasteiger charge is -2.25. The number of hydrogen-bond donors (Lipinski definition) is 1. The van der Waals surface area contributed by atoms with E-state index in [1.807, 2.05) is 0 Å². The third-order valence-corrected chi connectivity index (χ3v) is 4.33. The van der Waals surface area contributed by atoms with Gasteiger partial charge in [0.1, 0.15) is 0 Å². The summed E-state index contributed by atoms with van der Waals surface area (Å²) >= 11 is 0. The molecule has 104 valence electrons. The molecule has 1 aliphatic rings. The number of benzene rings is 2. The predicted octanol–water partition coefficient (Wildman–Crippen LogP) is 4.20. The van der Waals surface area contributed by atoms with E-state index in [0.717, 1.165) is 13.1 Å². The predicted molar refractivity (Wildman–Crippen MR) is 85.0 cm³/mol. The van der Waals surface area contributed by atoms with E-state index >= 15 is 0 Å². The van der Waals surface area contributed by atoms with Gasteiger partial charge in [0.2, 0.25) is 0 Å². The molecule has 0 saturated heterocycles. The summed E-state index contributed by atoms with van der Waals surface area (Å²) in [5.74, 6) is 0.686. The van der Waals surface area contributed by atoms with Gasteiger partial charge in [0, 0.05) is 13.1 Å². The lowest BCUT2D eigenvalue weighted by Crippen LogP contribution is -2.24. The van der Waals surface area contributed by atoms with Crippen LogP contribution in [0.3, 0.4) is 0 Å². The molecule has 1 N–H and O–H groups in total. The highest BCUT2D eigenvalue weighted by atomic mass is 14.9. The van der Waals surface area contributed by atoms with Crippen molar-refractivity contribution in [3.05, 3.63) is 70.8 Å². The van der Waals surface area contributed by atoms with Gasteiger partial charge >= 0.3 is 0 Å². The summed E-state index contributed by atoms with van der Waals surface area (Å²) < 4.78 is 0. The van der Waals surface area contributed by atoms with Crippen LogP contribution in [-0.2, 0) is 13.0 Å². The van der Waals surface area contributed by atoms with Gasteiger partial charge in [0.15, 0.2) is 0 Å². The van der Waals surface area contributed by atoms with Crippen LogP contribution in [0.4, 0.5) is 0 Å². The first-order valence-electron chi connectivity index (χ1n) is 7.67. The standard InChI is InChI=1S/C19H23N/c1-15-9-11-16(12-10-15)13-20-14-18-7-4-6-17-5-2-3-8-19(17)18/h2-3,5,8-12,18,20H,4,6-7,13-14H2,1H3. The molecule has 1 aliphatic carbocycles. The Bertz CT molecular complexity index is 556. The normalized spacial score (nSPS) is 17.8. The van der Waals surface area contributed by atoms with E-state index in [9.17, 15) is 0 Å². The summed E-state index contributed by atoms with van der Waals surface area (Å²) in [6.45, 7) is 4.19. The van der Waals surface area contributed by atoms with Gasteiger partial charge in [-0.2, -0.15) is 0 Å². The van der Waals surface area contributed by atoms with E-state index in [1.54, 1.807) is 11.1 Å². The van der Waals surface area contributed by atoms with Crippen molar-refractivity contribution >= 4 is 0 Å². The van der Waals surface area contributed by atoms with Gasteiger partial charge in [-0.15, -0.1) is 0 Å². The van der Waals surface area contributed by atoms with Crippen LogP contribution in [-0.4, -0.2) is 6.54 Å². The summed E-state index contributed by atoms with van der Waals surface area (Å²) in [6, 6.07) is 17.8. The molecule has 0 bridgehead atoms. The number of rotatable bonds is 4. The van der Waals surface area contributed by atoms with Crippen molar-refractivity contribution in [1.29, 1.82) is 0 Å². The molecule has 0 radical (unpaired) electrons. The first-order chi connectivity index (χ1) is 9.83. The highest BCUT2D eigenvalue weighted by Gasteiger charge is 2.18. The number of fused-ring (bicyclic) bond motifs is 1. The van der Waals surface area contributed by atoms with Gasteiger partial charge in [-0.25, -0.2) is 0 Å². The van der Waals surface area contributed by atoms with Crippen LogP contribution >= 0.6 is 0 Å². The molecule has 2 aromatic carbocycles. The molecule has 1 atom stereocenters. The first kappa shape index (κ1) is 13.4. The fourth-order valence-corrected chi connectivity index (χ4v) is 3.16. The molecule has 2 aromatic rings. The van der Waals surface area contributed by atoms with Crippen molar-refractivity contribution in [1.82, 2.24) is 5.32 Å². The summed E-state index contributed by atoms with van der Waals surface area (Å²) in [7, 11) is 0. The average Bonchev–Trinajstić information content (AvgIpc) is 2.49. The fourth-order valence-electron chi connectivity index (χ4n) is 3.16. The number of nitrogens with one attached hydrogen (secondary N) is 1.